The van der Waals surface area contributed by atoms with Gasteiger partial charge in [-0.15, -0.1) is 0 Å². The van der Waals surface area contributed by atoms with Gasteiger partial charge in [-0.25, -0.2) is 0 Å². The van der Waals surface area contributed by atoms with Gasteiger partial charge in [0.15, 0.2) is 0 Å². The number of hydrogen-bond acceptors (Lipinski definition) is 3. The summed E-state index contributed by atoms with van der Waals surface area (Å²) >= 11 is 4.85. The molecule has 1 aliphatic heterocycles. The van der Waals surface area contributed by atoms with E-state index in [1.165, 1.54) is 0 Å². The summed E-state index contributed by atoms with van der Waals surface area (Å²) < 4.78 is 5.30. The van der Waals surface area contributed by atoms with Gasteiger partial charge >= 0.3 is 0 Å². The van der Waals surface area contributed by atoms with Crippen molar-refractivity contribution in [2.45, 2.75) is 18.9 Å². The lowest BCUT2D eigenvalue weighted by molar-refractivity contribution is -0.124. The summed E-state index contributed by atoms with van der Waals surface area (Å²) in [5, 5.41) is 2.80. The number of carbonyl (C=O) groups is 1. The van der Waals surface area contributed by atoms with Crippen LogP contribution in [-0.4, -0.2) is 23.6 Å². The van der Waals surface area contributed by atoms with Crippen LogP contribution in [0.2, 0.25) is 0 Å². The SMILES string of the molecule is NC(=S)c1ccc(NC(=O)C2CCCO2)cc1. The molecule has 3 N–H and O–H groups in total. The molecule has 1 saturated heterocycles. The molecule has 90 valence electrons. The van der Waals surface area contributed by atoms with E-state index in [1.54, 1.807) is 24.3 Å². The molecule has 17 heavy (non-hydrogen) atoms. The van der Waals surface area contributed by atoms with Gasteiger partial charge in [-0.1, -0.05) is 12.2 Å². The second kappa shape index (κ2) is 5.25. The monoisotopic (exact) mass is 250 g/mol. The molecule has 0 spiro atoms. The predicted octanol–water partition coefficient (Wildman–Crippen LogP) is 1.44. The summed E-state index contributed by atoms with van der Waals surface area (Å²) in [6.45, 7) is 0.665. The zero-order valence-electron chi connectivity index (χ0n) is 9.31. The highest BCUT2D eigenvalue weighted by atomic mass is 32.1. The number of nitrogens with one attached hydrogen (secondary N) is 1. The number of rotatable bonds is 3. The summed E-state index contributed by atoms with van der Waals surface area (Å²) in [6.07, 6.45) is 1.42. The molecule has 1 heterocycles. The van der Waals surface area contributed by atoms with Crippen molar-refractivity contribution in [2.75, 3.05) is 11.9 Å². The maximum atomic E-state index is 11.7. The molecule has 5 heteroatoms. The summed E-state index contributed by atoms with van der Waals surface area (Å²) in [5.41, 5.74) is 7.00. The van der Waals surface area contributed by atoms with E-state index in [0.29, 0.717) is 11.6 Å². The number of ether oxygens (including phenoxy) is 1. The summed E-state index contributed by atoms with van der Waals surface area (Å²) in [4.78, 5) is 12.1. The average molecular weight is 250 g/mol. The zero-order chi connectivity index (χ0) is 12.3. The first kappa shape index (κ1) is 12.0. The Labute approximate surface area is 105 Å². The van der Waals surface area contributed by atoms with E-state index in [4.69, 9.17) is 22.7 Å². The topological polar surface area (TPSA) is 64.3 Å². The van der Waals surface area contributed by atoms with Gasteiger partial charge in [-0.05, 0) is 37.1 Å². The standard InChI is InChI=1S/C12H14N2O2S/c13-11(17)8-3-5-9(6-4-8)14-12(15)10-2-1-7-16-10/h3-6,10H,1-2,7H2,(H2,13,17)(H,14,15). The number of thiocarbonyl (C=S) groups is 1. The number of amides is 1. The first-order valence-electron chi connectivity index (χ1n) is 5.49. The lowest BCUT2D eigenvalue weighted by Gasteiger charge is -2.10. The molecule has 0 radical (unpaired) electrons. The van der Waals surface area contributed by atoms with Gasteiger partial charge < -0.3 is 15.8 Å². The van der Waals surface area contributed by atoms with Crippen LogP contribution in [0.15, 0.2) is 24.3 Å². The first-order valence-corrected chi connectivity index (χ1v) is 5.90. The van der Waals surface area contributed by atoms with Crippen molar-refractivity contribution in [1.82, 2.24) is 0 Å². The number of hydrogen-bond donors (Lipinski definition) is 2. The third kappa shape index (κ3) is 3.01. The molecule has 2 rings (SSSR count). The number of carbonyl (C=O) groups excluding carboxylic acids is 1. The molecule has 1 amide bonds. The highest BCUT2D eigenvalue weighted by Crippen LogP contribution is 2.15. The molecule has 0 saturated carbocycles. The van der Waals surface area contributed by atoms with Crippen LogP contribution in [0.4, 0.5) is 5.69 Å². The van der Waals surface area contributed by atoms with Gasteiger partial charge in [0.2, 0.25) is 0 Å². The molecule has 1 aromatic carbocycles. The highest BCUT2D eigenvalue weighted by molar-refractivity contribution is 7.80. The maximum Gasteiger partial charge on any atom is 0.253 e. The van der Waals surface area contributed by atoms with Gasteiger partial charge in [-0.2, -0.15) is 0 Å². The second-order valence-corrected chi connectivity index (χ2v) is 4.37. The first-order chi connectivity index (χ1) is 8.16. The number of benzene rings is 1. The largest absolute Gasteiger partial charge is 0.389 e. The molecule has 0 bridgehead atoms. The van der Waals surface area contributed by atoms with Crippen molar-refractivity contribution in [3.8, 4) is 0 Å². The van der Waals surface area contributed by atoms with Crippen LogP contribution in [0.3, 0.4) is 0 Å². The number of nitrogens with two attached hydrogens (primary N) is 1. The minimum Gasteiger partial charge on any atom is -0.389 e. The van der Waals surface area contributed by atoms with E-state index < -0.39 is 0 Å². The smallest absolute Gasteiger partial charge is 0.253 e. The molecule has 1 aliphatic rings. The van der Waals surface area contributed by atoms with Gasteiger partial charge in [0.25, 0.3) is 5.91 Å². The van der Waals surface area contributed by atoms with Crippen molar-refractivity contribution >= 4 is 28.8 Å². The Hall–Kier alpha value is -1.46. The molecule has 4 nitrogen and oxygen atoms in total. The zero-order valence-corrected chi connectivity index (χ0v) is 10.1. The van der Waals surface area contributed by atoms with Crippen LogP contribution >= 0.6 is 12.2 Å². The Bertz CT molecular complexity index is 425. The summed E-state index contributed by atoms with van der Waals surface area (Å²) in [7, 11) is 0. The minimum absolute atomic E-state index is 0.0921. The van der Waals surface area contributed by atoms with Crippen molar-refractivity contribution in [1.29, 1.82) is 0 Å². The normalized spacial score (nSPS) is 18.9. The van der Waals surface area contributed by atoms with Gasteiger partial charge in [-0.3, -0.25) is 4.79 Å². The third-order valence-corrected chi connectivity index (χ3v) is 2.89. The lowest BCUT2D eigenvalue weighted by atomic mass is 10.2. The molecule has 1 fully saturated rings. The van der Waals surface area contributed by atoms with E-state index in [-0.39, 0.29) is 12.0 Å². The molecular formula is C12H14N2O2S. The van der Waals surface area contributed by atoms with Crippen molar-refractivity contribution in [3.63, 3.8) is 0 Å². The van der Waals surface area contributed by atoms with Crippen LogP contribution in [-0.2, 0) is 9.53 Å². The van der Waals surface area contributed by atoms with Gasteiger partial charge in [0.1, 0.15) is 11.1 Å². The minimum atomic E-state index is -0.315. The van der Waals surface area contributed by atoms with Crippen molar-refractivity contribution in [3.05, 3.63) is 29.8 Å². The van der Waals surface area contributed by atoms with Crippen LogP contribution < -0.4 is 11.1 Å². The van der Waals surface area contributed by atoms with Crippen LogP contribution in [0.1, 0.15) is 18.4 Å². The fourth-order valence-electron chi connectivity index (χ4n) is 1.73. The Kier molecular flexibility index (Phi) is 3.71. The Morgan fingerprint density at radius 1 is 1.41 bits per heavy atom. The quantitative estimate of drug-likeness (QED) is 0.797. The highest BCUT2D eigenvalue weighted by Gasteiger charge is 2.23. The molecule has 1 aromatic rings. The van der Waals surface area contributed by atoms with Crippen molar-refractivity contribution < 1.29 is 9.53 Å². The van der Waals surface area contributed by atoms with Crippen LogP contribution in [0.5, 0.6) is 0 Å². The molecule has 0 aromatic heterocycles. The predicted molar refractivity (Wildman–Crippen MR) is 69.9 cm³/mol. The third-order valence-electron chi connectivity index (χ3n) is 2.66. The van der Waals surface area contributed by atoms with Crippen LogP contribution in [0, 0.1) is 0 Å². The van der Waals surface area contributed by atoms with Gasteiger partial charge in [0.05, 0.1) is 0 Å². The number of anilines is 1. The van der Waals surface area contributed by atoms with Crippen LogP contribution in [0.25, 0.3) is 0 Å². The maximum absolute atomic E-state index is 11.7. The van der Waals surface area contributed by atoms with E-state index in [1.807, 2.05) is 0 Å². The second-order valence-electron chi connectivity index (χ2n) is 3.93. The summed E-state index contributed by atoms with van der Waals surface area (Å²) in [5.74, 6) is -0.0921. The lowest BCUT2D eigenvalue weighted by Crippen LogP contribution is -2.26. The Morgan fingerprint density at radius 2 is 2.12 bits per heavy atom. The van der Waals surface area contributed by atoms with Gasteiger partial charge in [0, 0.05) is 17.9 Å². The summed E-state index contributed by atoms with van der Waals surface area (Å²) in [6, 6.07) is 7.13. The fraction of sp³-hybridized carbons (Fsp3) is 0.333. The van der Waals surface area contributed by atoms with Crippen molar-refractivity contribution in [2.24, 2.45) is 5.73 Å². The van der Waals surface area contributed by atoms with E-state index in [0.717, 1.165) is 24.1 Å². The molecule has 1 atom stereocenters. The average Bonchev–Trinajstić information content (AvgIpc) is 2.83. The molecule has 1 unspecified atom stereocenters. The Morgan fingerprint density at radius 3 is 2.65 bits per heavy atom. The molecule has 0 aliphatic carbocycles. The van der Waals surface area contributed by atoms with E-state index >= 15 is 0 Å². The van der Waals surface area contributed by atoms with E-state index in [9.17, 15) is 4.79 Å². The fourth-order valence-corrected chi connectivity index (χ4v) is 1.86. The Balaban J connectivity index is 1.98. The van der Waals surface area contributed by atoms with E-state index in [2.05, 4.69) is 5.32 Å². The molecular weight excluding hydrogens is 236 g/mol.